The van der Waals surface area contributed by atoms with Crippen LogP contribution in [0, 0.1) is 18.8 Å². The lowest BCUT2D eigenvalue weighted by atomic mass is 9.78. The van der Waals surface area contributed by atoms with Crippen LogP contribution in [0.3, 0.4) is 0 Å². The summed E-state index contributed by atoms with van der Waals surface area (Å²) in [7, 11) is 0. The summed E-state index contributed by atoms with van der Waals surface area (Å²) < 4.78 is 5.24. The van der Waals surface area contributed by atoms with Gasteiger partial charge in [0, 0.05) is 12.1 Å². The molecule has 1 aromatic rings. The van der Waals surface area contributed by atoms with Crippen LogP contribution in [0.25, 0.3) is 0 Å². The predicted octanol–water partition coefficient (Wildman–Crippen LogP) is 3.29. The Bertz CT molecular complexity index is 346. The van der Waals surface area contributed by atoms with E-state index >= 15 is 0 Å². The molecule has 1 aliphatic carbocycles. The maximum atomic E-state index is 5.24. The molecule has 1 heterocycles. The first-order valence-electron chi connectivity index (χ1n) is 6.82. The van der Waals surface area contributed by atoms with Crippen molar-refractivity contribution in [3.05, 3.63) is 17.5 Å². The highest BCUT2D eigenvalue weighted by Gasteiger charge is 2.27. The molecule has 2 atom stereocenters. The highest BCUT2D eigenvalue weighted by atomic mass is 16.5. The normalized spacial score (nSPS) is 25.4. The smallest absolute Gasteiger partial charge is 0.150 e. The van der Waals surface area contributed by atoms with Crippen LogP contribution < -0.4 is 5.32 Å². The largest absolute Gasteiger partial charge is 0.360 e. The summed E-state index contributed by atoms with van der Waals surface area (Å²) in [6.45, 7) is 7.45. The maximum Gasteiger partial charge on any atom is 0.150 e. The second kappa shape index (κ2) is 5.67. The van der Waals surface area contributed by atoms with E-state index in [1.807, 2.05) is 13.0 Å². The molecule has 0 radical (unpaired) electrons. The molecule has 2 rings (SSSR count). The van der Waals surface area contributed by atoms with Gasteiger partial charge in [-0.05, 0) is 31.6 Å². The van der Waals surface area contributed by atoms with Crippen LogP contribution >= 0.6 is 0 Å². The number of hydrogen-bond donors (Lipinski definition) is 1. The van der Waals surface area contributed by atoms with E-state index in [2.05, 4.69) is 24.3 Å². The van der Waals surface area contributed by atoms with E-state index in [1.165, 1.54) is 25.7 Å². The lowest BCUT2D eigenvalue weighted by Gasteiger charge is -2.34. The van der Waals surface area contributed by atoms with Gasteiger partial charge in [0.1, 0.15) is 0 Å². The average Bonchev–Trinajstić information content (AvgIpc) is 2.73. The fourth-order valence-corrected chi connectivity index (χ4v) is 2.94. The minimum Gasteiger partial charge on any atom is -0.360 e. The second-order valence-corrected chi connectivity index (χ2v) is 5.61. The Morgan fingerprint density at radius 2 is 2.18 bits per heavy atom. The molecule has 0 amide bonds. The zero-order valence-electron chi connectivity index (χ0n) is 11.2. The van der Waals surface area contributed by atoms with Crippen molar-refractivity contribution in [2.24, 2.45) is 11.8 Å². The Balaban J connectivity index is 1.88. The molecule has 17 heavy (non-hydrogen) atoms. The Morgan fingerprint density at radius 1 is 1.41 bits per heavy atom. The van der Waals surface area contributed by atoms with E-state index in [0.717, 1.165) is 29.8 Å². The SMILES string of the molecule is Cc1cc(CNC2CCCCC2C(C)C)on1. The molecule has 96 valence electrons. The van der Waals surface area contributed by atoms with E-state index in [-0.39, 0.29) is 0 Å². The number of rotatable bonds is 4. The van der Waals surface area contributed by atoms with Gasteiger partial charge in [-0.3, -0.25) is 0 Å². The molecule has 3 nitrogen and oxygen atoms in total. The molecule has 2 unspecified atom stereocenters. The molecule has 1 N–H and O–H groups in total. The lowest BCUT2D eigenvalue weighted by Crippen LogP contribution is -2.40. The van der Waals surface area contributed by atoms with Crippen molar-refractivity contribution in [2.75, 3.05) is 0 Å². The lowest BCUT2D eigenvalue weighted by molar-refractivity contribution is 0.199. The molecule has 0 aliphatic heterocycles. The van der Waals surface area contributed by atoms with Crippen LogP contribution in [-0.2, 0) is 6.54 Å². The zero-order chi connectivity index (χ0) is 12.3. The van der Waals surface area contributed by atoms with E-state index < -0.39 is 0 Å². The van der Waals surface area contributed by atoms with Gasteiger partial charge in [-0.2, -0.15) is 0 Å². The molecule has 1 aromatic heterocycles. The first-order chi connectivity index (χ1) is 8.16. The fraction of sp³-hybridized carbons (Fsp3) is 0.786. The summed E-state index contributed by atoms with van der Waals surface area (Å²) in [5.74, 6) is 2.53. The highest BCUT2D eigenvalue weighted by molar-refractivity contribution is 5.03. The predicted molar refractivity (Wildman–Crippen MR) is 68.7 cm³/mol. The summed E-state index contributed by atoms with van der Waals surface area (Å²) in [6.07, 6.45) is 5.42. The molecule has 1 fully saturated rings. The molecule has 0 bridgehead atoms. The van der Waals surface area contributed by atoms with Crippen molar-refractivity contribution in [1.82, 2.24) is 10.5 Å². The van der Waals surface area contributed by atoms with Crippen molar-refractivity contribution in [3.8, 4) is 0 Å². The topological polar surface area (TPSA) is 38.1 Å². The highest BCUT2D eigenvalue weighted by Crippen LogP contribution is 2.30. The summed E-state index contributed by atoms with van der Waals surface area (Å²) in [5.41, 5.74) is 0.964. The van der Waals surface area contributed by atoms with E-state index in [4.69, 9.17) is 4.52 Å². The number of aryl methyl sites for hydroxylation is 1. The minimum absolute atomic E-state index is 0.647. The van der Waals surface area contributed by atoms with Gasteiger partial charge in [-0.25, -0.2) is 0 Å². The fourth-order valence-electron chi connectivity index (χ4n) is 2.94. The molecule has 1 saturated carbocycles. The summed E-state index contributed by atoms with van der Waals surface area (Å²) in [5, 5.41) is 7.57. The first kappa shape index (κ1) is 12.6. The van der Waals surface area contributed by atoms with Gasteiger partial charge in [0.2, 0.25) is 0 Å². The third-order valence-electron chi connectivity index (χ3n) is 3.89. The summed E-state index contributed by atoms with van der Waals surface area (Å²) in [6, 6.07) is 2.66. The van der Waals surface area contributed by atoms with Gasteiger partial charge in [0.05, 0.1) is 12.2 Å². The van der Waals surface area contributed by atoms with Crippen LogP contribution in [0.5, 0.6) is 0 Å². The van der Waals surface area contributed by atoms with Crippen molar-refractivity contribution in [3.63, 3.8) is 0 Å². The molecule has 0 spiro atoms. The first-order valence-corrected chi connectivity index (χ1v) is 6.82. The van der Waals surface area contributed by atoms with Crippen LogP contribution in [0.4, 0.5) is 0 Å². The Hall–Kier alpha value is -0.830. The van der Waals surface area contributed by atoms with Gasteiger partial charge in [-0.15, -0.1) is 0 Å². The average molecular weight is 236 g/mol. The van der Waals surface area contributed by atoms with Crippen LogP contribution in [0.2, 0.25) is 0 Å². The van der Waals surface area contributed by atoms with Crippen LogP contribution in [0.15, 0.2) is 10.6 Å². The Labute approximate surface area is 104 Å². The Kier molecular flexibility index (Phi) is 4.21. The van der Waals surface area contributed by atoms with E-state index in [0.29, 0.717) is 6.04 Å². The van der Waals surface area contributed by atoms with Crippen LogP contribution in [0.1, 0.15) is 51.0 Å². The third kappa shape index (κ3) is 3.32. The van der Waals surface area contributed by atoms with Crippen molar-refractivity contribution in [2.45, 2.75) is 59.0 Å². The number of nitrogens with zero attached hydrogens (tertiary/aromatic N) is 1. The van der Waals surface area contributed by atoms with Gasteiger partial charge in [0.25, 0.3) is 0 Å². The second-order valence-electron chi connectivity index (χ2n) is 5.61. The van der Waals surface area contributed by atoms with E-state index in [9.17, 15) is 0 Å². The summed E-state index contributed by atoms with van der Waals surface area (Å²) >= 11 is 0. The number of aromatic nitrogens is 1. The molecular formula is C14H24N2O. The van der Waals surface area contributed by atoms with Gasteiger partial charge in [-0.1, -0.05) is 31.8 Å². The minimum atomic E-state index is 0.647. The summed E-state index contributed by atoms with van der Waals surface area (Å²) in [4.78, 5) is 0. The molecule has 0 aromatic carbocycles. The number of hydrogen-bond acceptors (Lipinski definition) is 3. The standard InChI is InChI=1S/C14H24N2O/c1-10(2)13-6-4-5-7-14(13)15-9-12-8-11(3)16-17-12/h8,10,13-15H,4-7,9H2,1-3H3. The third-order valence-corrected chi connectivity index (χ3v) is 3.89. The monoisotopic (exact) mass is 236 g/mol. The van der Waals surface area contributed by atoms with Gasteiger partial charge in [0.15, 0.2) is 5.76 Å². The van der Waals surface area contributed by atoms with Gasteiger partial charge >= 0.3 is 0 Å². The molecule has 0 saturated heterocycles. The van der Waals surface area contributed by atoms with E-state index in [1.54, 1.807) is 0 Å². The Morgan fingerprint density at radius 3 is 2.82 bits per heavy atom. The van der Waals surface area contributed by atoms with Crippen molar-refractivity contribution in [1.29, 1.82) is 0 Å². The van der Waals surface area contributed by atoms with Gasteiger partial charge < -0.3 is 9.84 Å². The molecule has 1 aliphatic rings. The molecule has 3 heteroatoms. The maximum absolute atomic E-state index is 5.24. The number of nitrogens with one attached hydrogen (secondary N) is 1. The molecular weight excluding hydrogens is 212 g/mol. The van der Waals surface area contributed by atoms with Crippen molar-refractivity contribution < 1.29 is 4.52 Å². The van der Waals surface area contributed by atoms with Crippen LogP contribution in [-0.4, -0.2) is 11.2 Å². The van der Waals surface area contributed by atoms with Crippen molar-refractivity contribution >= 4 is 0 Å². The quantitative estimate of drug-likeness (QED) is 0.871. The zero-order valence-corrected chi connectivity index (χ0v) is 11.2.